The van der Waals surface area contributed by atoms with Gasteiger partial charge in [0.2, 0.25) is 0 Å². The number of rotatable bonds is 4. The van der Waals surface area contributed by atoms with Gasteiger partial charge in [-0.05, 0) is 46.5 Å². The molecule has 3 aromatic rings. The smallest absolute Gasteiger partial charge is 0.0639 e. The first kappa shape index (κ1) is 17.7. The van der Waals surface area contributed by atoms with Crippen molar-refractivity contribution in [3.05, 3.63) is 111 Å². The van der Waals surface area contributed by atoms with Crippen LogP contribution in [0.1, 0.15) is 22.6 Å². The lowest BCUT2D eigenvalue weighted by molar-refractivity contribution is 1.13. The molecule has 1 unspecified atom stereocenters. The van der Waals surface area contributed by atoms with Crippen molar-refractivity contribution in [1.29, 1.82) is 0 Å². The van der Waals surface area contributed by atoms with Crippen LogP contribution in [0.25, 0.3) is 5.57 Å². The first-order chi connectivity index (χ1) is 12.2. The van der Waals surface area contributed by atoms with Gasteiger partial charge in [0.15, 0.2) is 0 Å². The van der Waals surface area contributed by atoms with E-state index in [4.69, 9.17) is 6.42 Å². The Balaban J connectivity index is 2.11. The molecule has 0 N–H and O–H groups in total. The summed E-state index contributed by atoms with van der Waals surface area (Å²) in [5.74, 6) is 2.84. The molecule has 0 saturated heterocycles. The fraction of sp³-hybridized carbons (Fsp3) is 0.0435. The fourth-order valence-electron chi connectivity index (χ4n) is 2.69. The van der Waals surface area contributed by atoms with E-state index in [0.29, 0.717) is 0 Å². The summed E-state index contributed by atoms with van der Waals surface area (Å²) in [6, 6.07) is 26.8. The van der Waals surface area contributed by atoms with Crippen LogP contribution >= 0.6 is 31.9 Å². The second-order valence-corrected chi connectivity index (χ2v) is 7.48. The second kappa shape index (κ2) is 8.34. The Kier molecular flexibility index (Phi) is 5.91. The Hall–Kier alpha value is -2.08. The Morgan fingerprint density at radius 2 is 1.24 bits per heavy atom. The summed E-state index contributed by atoms with van der Waals surface area (Å²) in [6.45, 7) is 0. The number of halogens is 2. The number of allylic oxidation sites excluding steroid dienone is 1. The number of hydrogen-bond donors (Lipinski definition) is 0. The van der Waals surface area contributed by atoms with Gasteiger partial charge in [0.25, 0.3) is 0 Å². The predicted molar refractivity (Wildman–Crippen MR) is 113 cm³/mol. The lowest BCUT2D eigenvalue weighted by atomic mass is 9.91. The summed E-state index contributed by atoms with van der Waals surface area (Å²) in [7, 11) is 0. The molecule has 1 atom stereocenters. The second-order valence-electron chi connectivity index (χ2n) is 5.65. The van der Waals surface area contributed by atoms with E-state index in [2.05, 4.69) is 105 Å². The van der Waals surface area contributed by atoms with Crippen molar-refractivity contribution in [3.63, 3.8) is 0 Å². The predicted octanol–water partition coefficient (Wildman–Crippen LogP) is 7.06. The SMILES string of the molecule is C#CC(C=C(c1ccc(Br)cc1)c1ccc(Br)cc1)c1ccccc1. The van der Waals surface area contributed by atoms with Crippen LogP contribution in [0.4, 0.5) is 0 Å². The van der Waals surface area contributed by atoms with E-state index in [0.717, 1.165) is 31.2 Å². The quantitative estimate of drug-likeness (QED) is 0.372. The van der Waals surface area contributed by atoms with Crippen molar-refractivity contribution in [3.8, 4) is 12.3 Å². The van der Waals surface area contributed by atoms with Gasteiger partial charge in [0.05, 0.1) is 5.92 Å². The van der Waals surface area contributed by atoms with Crippen molar-refractivity contribution in [2.24, 2.45) is 0 Å². The Morgan fingerprint density at radius 1 is 0.760 bits per heavy atom. The van der Waals surface area contributed by atoms with Crippen molar-refractivity contribution in [1.82, 2.24) is 0 Å². The summed E-state index contributed by atoms with van der Waals surface area (Å²) in [5.41, 5.74) is 4.53. The molecule has 0 bridgehead atoms. The summed E-state index contributed by atoms with van der Waals surface area (Å²) < 4.78 is 2.12. The first-order valence-electron chi connectivity index (χ1n) is 7.92. The molecular formula is C23H16Br2. The van der Waals surface area contributed by atoms with Gasteiger partial charge < -0.3 is 0 Å². The molecule has 0 saturated carbocycles. The van der Waals surface area contributed by atoms with Gasteiger partial charge in [0.1, 0.15) is 0 Å². The van der Waals surface area contributed by atoms with Crippen LogP contribution in [-0.4, -0.2) is 0 Å². The molecular weight excluding hydrogens is 436 g/mol. The molecule has 0 aromatic heterocycles. The van der Waals surface area contributed by atoms with Gasteiger partial charge in [-0.2, -0.15) is 0 Å². The van der Waals surface area contributed by atoms with E-state index in [1.165, 1.54) is 0 Å². The number of hydrogen-bond acceptors (Lipinski definition) is 0. The van der Waals surface area contributed by atoms with Crippen LogP contribution in [0.3, 0.4) is 0 Å². The van der Waals surface area contributed by atoms with E-state index in [1.54, 1.807) is 0 Å². The molecule has 25 heavy (non-hydrogen) atoms. The third-order valence-electron chi connectivity index (χ3n) is 3.98. The molecule has 0 fully saturated rings. The molecule has 0 aliphatic rings. The molecule has 0 amide bonds. The van der Waals surface area contributed by atoms with Crippen molar-refractivity contribution < 1.29 is 0 Å². The van der Waals surface area contributed by atoms with Crippen LogP contribution in [-0.2, 0) is 0 Å². The van der Waals surface area contributed by atoms with Crippen LogP contribution in [0.2, 0.25) is 0 Å². The maximum absolute atomic E-state index is 5.85. The summed E-state index contributed by atoms with van der Waals surface area (Å²) in [6.07, 6.45) is 8.02. The lowest BCUT2D eigenvalue weighted by Gasteiger charge is -2.13. The molecule has 0 aliphatic heterocycles. The van der Waals surface area contributed by atoms with Gasteiger partial charge in [0, 0.05) is 8.95 Å². The van der Waals surface area contributed by atoms with Gasteiger partial charge in [-0.3, -0.25) is 0 Å². The average Bonchev–Trinajstić information content (AvgIpc) is 2.65. The molecule has 3 rings (SSSR count). The molecule has 2 heteroatoms. The minimum atomic E-state index is -0.0801. The van der Waals surface area contributed by atoms with Crippen LogP contribution < -0.4 is 0 Å². The zero-order valence-electron chi connectivity index (χ0n) is 13.5. The Morgan fingerprint density at radius 3 is 1.68 bits per heavy atom. The van der Waals surface area contributed by atoms with Crippen LogP contribution in [0, 0.1) is 12.3 Å². The van der Waals surface area contributed by atoms with Crippen molar-refractivity contribution in [2.75, 3.05) is 0 Å². The van der Waals surface area contributed by atoms with Crippen molar-refractivity contribution in [2.45, 2.75) is 5.92 Å². The minimum Gasteiger partial charge on any atom is -0.119 e. The minimum absolute atomic E-state index is 0.0801. The van der Waals surface area contributed by atoms with Crippen molar-refractivity contribution >= 4 is 37.4 Å². The van der Waals surface area contributed by atoms with Gasteiger partial charge >= 0.3 is 0 Å². The van der Waals surface area contributed by atoms with E-state index >= 15 is 0 Å². The summed E-state index contributed by atoms with van der Waals surface area (Å²) >= 11 is 7.01. The average molecular weight is 452 g/mol. The highest BCUT2D eigenvalue weighted by Gasteiger charge is 2.11. The summed E-state index contributed by atoms with van der Waals surface area (Å²) in [4.78, 5) is 0. The monoisotopic (exact) mass is 450 g/mol. The maximum Gasteiger partial charge on any atom is 0.0639 e. The topological polar surface area (TPSA) is 0 Å². The molecule has 3 aromatic carbocycles. The third kappa shape index (κ3) is 4.51. The standard InChI is InChI=1S/C23H16Br2/c1-2-17(18-6-4-3-5-7-18)16-23(19-8-12-21(24)13-9-19)20-10-14-22(25)15-11-20/h1,3-17H. The zero-order valence-corrected chi connectivity index (χ0v) is 16.7. The first-order valence-corrected chi connectivity index (χ1v) is 9.51. The largest absolute Gasteiger partial charge is 0.119 e. The van der Waals surface area contributed by atoms with Gasteiger partial charge in [-0.15, -0.1) is 6.42 Å². The van der Waals surface area contributed by atoms with Gasteiger partial charge in [-0.25, -0.2) is 0 Å². The Labute approximate surface area is 165 Å². The fourth-order valence-corrected chi connectivity index (χ4v) is 3.21. The highest BCUT2D eigenvalue weighted by molar-refractivity contribution is 9.10. The maximum atomic E-state index is 5.85. The molecule has 0 nitrogen and oxygen atoms in total. The van der Waals surface area contributed by atoms with Crippen LogP contribution in [0.5, 0.6) is 0 Å². The van der Waals surface area contributed by atoms with E-state index in [1.807, 2.05) is 18.2 Å². The zero-order chi connectivity index (χ0) is 17.6. The van der Waals surface area contributed by atoms with E-state index < -0.39 is 0 Å². The van der Waals surface area contributed by atoms with Gasteiger partial charge in [-0.1, -0.05) is 98.5 Å². The molecule has 0 spiro atoms. The lowest BCUT2D eigenvalue weighted by Crippen LogP contribution is -1.96. The number of benzene rings is 3. The van der Waals surface area contributed by atoms with E-state index in [-0.39, 0.29) is 5.92 Å². The van der Waals surface area contributed by atoms with E-state index in [9.17, 15) is 0 Å². The Bertz CT molecular complexity index is 852. The highest BCUT2D eigenvalue weighted by atomic mass is 79.9. The molecule has 0 aliphatic carbocycles. The highest BCUT2D eigenvalue weighted by Crippen LogP contribution is 2.30. The molecule has 0 radical (unpaired) electrons. The molecule has 122 valence electrons. The normalized spacial score (nSPS) is 11.4. The van der Waals surface area contributed by atoms with Crippen LogP contribution in [0.15, 0.2) is 93.9 Å². The third-order valence-corrected chi connectivity index (χ3v) is 5.04. The molecule has 0 heterocycles. The summed E-state index contributed by atoms with van der Waals surface area (Å²) in [5, 5.41) is 0. The number of terminal acetylenes is 1.